The molecule has 0 bridgehead atoms. The summed E-state index contributed by atoms with van der Waals surface area (Å²) in [4.78, 5) is 0. The average Bonchev–Trinajstić information content (AvgIpc) is 2.82. The Morgan fingerprint density at radius 2 is 1.84 bits per heavy atom. The van der Waals surface area contributed by atoms with Gasteiger partial charge in [0, 0.05) is 5.92 Å². The third-order valence-electron chi connectivity index (χ3n) is 4.29. The summed E-state index contributed by atoms with van der Waals surface area (Å²) in [5.41, 5.74) is -1.12. The number of hydrogen-bond donors (Lipinski definition) is 0. The molecule has 1 atom stereocenters. The summed E-state index contributed by atoms with van der Waals surface area (Å²) in [7, 11) is -1.01. The van der Waals surface area contributed by atoms with Gasteiger partial charge in [-0.15, -0.1) is 0 Å². The molecule has 2 aliphatic heterocycles. The molecule has 1 unspecified atom stereocenters. The van der Waals surface area contributed by atoms with Crippen LogP contribution in [0.1, 0.15) is 34.1 Å². The van der Waals surface area contributed by atoms with Gasteiger partial charge in [-0.05, 0) is 39.7 Å². The average molecular weight is 274 g/mol. The molecule has 3 nitrogen and oxygen atoms in total. The summed E-state index contributed by atoms with van der Waals surface area (Å²) in [5, 5.41) is 0. The first-order chi connectivity index (χ1) is 8.78. The molecule has 2 fully saturated rings. The second kappa shape index (κ2) is 5.15. The summed E-state index contributed by atoms with van der Waals surface area (Å²) < 4.78 is 43.5. The van der Waals surface area contributed by atoms with Crippen LogP contribution in [0.25, 0.3) is 0 Å². The molecule has 0 aromatic rings. The summed E-state index contributed by atoms with van der Waals surface area (Å²) >= 11 is 0. The predicted molar refractivity (Wildman–Crippen MR) is 69.1 cm³/mol. The lowest BCUT2D eigenvalue weighted by atomic mass is 9.81. The molecule has 2 heterocycles. The Bertz CT molecular complexity index is 366. The maximum Gasteiger partial charge on any atom is 0.525 e. The Morgan fingerprint density at radius 1 is 1.26 bits per heavy atom. The van der Waals surface area contributed by atoms with Crippen molar-refractivity contribution in [3.63, 3.8) is 0 Å². The van der Waals surface area contributed by atoms with Crippen molar-refractivity contribution >= 4 is 7.12 Å². The first-order valence-electron chi connectivity index (χ1n) is 6.66. The smallest absolute Gasteiger partial charge is 0.398 e. The van der Waals surface area contributed by atoms with Crippen LogP contribution in [-0.4, -0.2) is 38.2 Å². The quantitative estimate of drug-likeness (QED) is 0.741. The van der Waals surface area contributed by atoms with Crippen LogP contribution in [0.4, 0.5) is 8.78 Å². The van der Waals surface area contributed by atoms with Crippen LogP contribution in [0, 0.1) is 5.92 Å². The van der Waals surface area contributed by atoms with Crippen LogP contribution in [0.3, 0.4) is 0 Å². The number of hydrogen-bond acceptors (Lipinski definition) is 3. The summed E-state index contributed by atoms with van der Waals surface area (Å²) in [6, 6.07) is 0. The summed E-state index contributed by atoms with van der Waals surface area (Å²) in [5.74, 6) is -0.205. The van der Waals surface area contributed by atoms with Crippen molar-refractivity contribution in [3.8, 4) is 0 Å². The van der Waals surface area contributed by atoms with Gasteiger partial charge in [0.15, 0.2) is 0 Å². The largest absolute Gasteiger partial charge is 0.525 e. The minimum atomic E-state index is -1.01. The van der Waals surface area contributed by atoms with E-state index in [1.165, 1.54) is 0 Å². The van der Waals surface area contributed by atoms with Gasteiger partial charge in [-0.2, -0.15) is 0 Å². The third-order valence-corrected chi connectivity index (χ3v) is 4.29. The molecule has 0 radical (unpaired) electrons. The molecule has 19 heavy (non-hydrogen) atoms. The summed E-state index contributed by atoms with van der Waals surface area (Å²) in [6.45, 7) is 7.56. The lowest BCUT2D eigenvalue weighted by molar-refractivity contribution is 0.00578. The zero-order valence-corrected chi connectivity index (χ0v) is 12.0. The highest BCUT2D eigenvalue weighted by Gasteiger charge is 2.54. The van der Waals surface area contributed by atoms with Crippen LogP contribution in [0.2, 0.25) is 0 Å². The van der Waals surface area contributed by atoms with Crippen LogP contribution < -0.4 is 0 Å². The standard InChI is InChI=1S/C13H21BF2O3/c1-12(2)13(3,4)19-14(18-12)11(16)10-8-17-7-9(10)5-6-15/h9H,5-8H2,1-4H3. The summed E-state index contributed by atoms with van der Waals surface area (Å²) in [6.07, 6.45) is 0.280. The first-order valence-corrected chi connectivity index (χ1v) is 6.66. The molecular formula is C13H21BF2O3. The molecule has 0 aromatic carbocycles. The van der Waals surface area contributed by atoms with E-state index in [4.69, 9.17) is 14.0 Å². The number of rotatable bonds is 3. The number of ether oxygens (including phenoxy) is 1. The normalized spacial score (nSPS) is 31.9. The number of halogens is 2. The molecule has 0 aliphatic carbocycles. The lowest BCUT2D eigenvalue weighted by Crippen LogP contribution is -2.41. The highest BCUT2D eigenvalue weighted by atomic mass is 19.1. The van der Waals surface area contributed by atoms with Crippen LogP contribution >= 0.6 is 0 Å². The lowest BCUT2D eigenvalue weighted by Gasteiger charge is -2.32. The molecule has 2 aliphatic rings. The van der Waals surface area contributed by atoms with Gasteiger partial charge in [0.2, 0.25) is 0 Å². The fourth-order valence-corrected chi connectivity index (χ4v) is 2.28. The second-order valence-electron chi connectivity index (χ2n) is 6.15. The topological polar surface area (TPSA) is 27.7 Å². The maximum atomic E-state index is 14.5. The van der Waals surface area contributed by atoms with E-state index in [9.17, 15) is 8.78 Å². The Kier molecular flexibility index (Phi) is 4.05. The number of alkyl halides is 1. The van der Waals surface area contributed by atoms with Gasteiger partial charge in [0.1, 0.15) is 5.73 Å². The van der Waals surface area contributed by atoms with Crippen molar-refractivity contribution in [2.75, 3.05) is 19.9 Å². The van der Waals surface area contributed by atoms with E-state index in [1.54, 1.807) is 0 Å². The molecule has 0 saturated carbocycles. The molecule has 2 rings (SSSR count). The van der Waals surface area contributed by atoms with E-state index in [1.807, 2.05) is 27.7 Å². The van der Waals surface area contributed by atoms with E-state index in [-0.39, 0.29) is 18.9 Å². The van der Waals surface area contributed by atoms with Gasteiger partial charge in [-0.25, -0.2) is 4.39 Å². The van der Waals surface area contributed by atoms with E-state index in [0.29, 0.717) is 12.2 Å². The molecule has 0 amide bonds. The molecule has 108 valence electrons. The Hall–Kier alpha value is -0.455. The molecule has 0 spiro atoms. The maximum absolute atomic E-state index is 14.5. The van der Waals surface area contributed by atoms with E-state index in [0.717, 1.165) is 0 Å². The van der Waals surface area contributed by atoms with E-state index >= 15 is 0 Å². The second-order valence-corrected chi connectivity index (χ2v) is 6.15. The molecule has 0 aromatic heterocycles. The highest BCUT2D eigenvalue weighted by Crippen LogP contribution is 2.40. The zero-order valence-electron chi connectivity index (χ0n) is 12.0. The Labute approximate surface area is 113 Å². The van der Waals surface area contributed by atoms with Gasteiger partial charge in [0.25, 0.3) is 0 Å². The van der Waals surface area contributed by atoms with E-state index in [2.05, 4.69) is 0 Å². The predicted octanol–water partition coefficient (Wildman–Crippen LogP) is 2.85. The van der Waals surface area contributed by atoms with Gasteiger partial charge in [0.05, 0.1) is 31.1 Å². The minimum absolute atomic E-state index is 0.195. The van der Waals surface area contributed by atoms with Crippen molar-refractivity contribution in [1.29, 1.82) is 0 Å². The SMILES string of the molecule is CC1(C)OB(C(F)=C2COCC2CCF)OC1(C)C. The Balaban J connectivity index is 2.18. The van der Waals surface area contributed by atoms with Gasteiger partial charge < -0.3 is 14.0 Å². The monoisotopic (exact) mass is 274 g/mol. The van der Waals surface area contributed by atoms with Crippen molar-refractivity contribution in [2.24, 2.45) is 5.92 Å². The van der Waals surface area contributed by atoms with Crippen molar-refractivity contribution in [3.05, 3.63) is 11.3 Å². The van der Waals surface area contributed by atoms with Crippen LogP contribution in [-0.2, 0) is 14.0 Å². The minimum Gasteiger partial charge on any atom is -0.398 e. The van der Waals surface area contributed by atoms with Crippen molar-refractivity contribution in [2.45, 2.75) is 45.3 Å². The first kappa shape index (κ1) is 14.9. The van der Waals surface area contributed by atoms with Crippen LogP contribution in [0.5, 0.6) is 0 Å². The van der Waals surface area contributed by atoms with E-state index < -0.39 is 30.7 Å². The molecule has 6 heteroatoms. The van der Waals surface area contributed by atoms with Gasteiger partial charge >= 0.3 is 7.12 Å². The molecule has 2 saturated heterocycles. The van der Waals surface area contributed by atoms with Crippen molar-refractivity contribution in [1.82, 2.24) is 0 Å². The Morgan fingerprint density at radius 3 is 2.37 bits per heavy atom. The fraction of sp³-hybridized carbons (Fsp3) is 0.846. The third kappa shape index (κ3) is 2.71. The molecular weight excluding hydrogens is 253 g/mol. The zero-order chi connectivity index (χ0) is 14.3. The van der Waals surface area contributed by atoms with Gasteiger partial charge in [-0.1, -0.05) is 0 Å². The fourth-order valence-electron chi connectivity index (χ4n) is 2.28. The van der Waals surface area contributed by atoms with Crippen LogP contribution in [0.15, 0.2) is 11.3 Å². The van der Waals surface area contributed by atoms with Crippen molar-refractivity contribution < 1.29 is 22.8 Å². The highest BCUT2D eigenvalue weighted by molar-refractivity contribution is 6.53. The van der Waals surface area contributed by atoms with Gasteiger partial charge in [-0.3, -0.25) is 4.39 Å². The molecule has 0 N–H and O–H groups in total.